The van der Waals surface area contributed by atoms with E-state index in [0.717, 1.165) is 34.8 Å². The van der Waals surface area contributed by atoms with E-state index >= 15 is 0 Å². The molecule has 2 rings (SSSR count). The molecule has 0 radical (unpaired) electrons. The number of imidazole rings is 1. The number of nitrogens with one attached hydrogen (secondary N) is 1. The van der Waals surface area contributed by atoms with Crippen molar-refractivity contribution in [3.63, 3.8) is 0 Å². The number of H-pyrrole nitrogens is 1. The Labute approximate surface area is 92.9 Å². The quantitative estimate of drug-likeness (QED) is 0.603. The maximum absolute atomic E-state index is 8.65. The fourth-order valence-corrected chi connectivity index (χ4v) is 2.27. The molecule has 80 valence electrons. The molecule has 15 heavy (non-hydrogen) atoms. The van der Waals surface area contributed by atoms with E-state index in [2.05, 4.69) is 9.97 Å². The number of fused-ring (bicyclic) bond motifs is 1. The van der Waals surface area contributed by atoms with Crippen molar-refractivity contribution in [1.82, 2.24) is 9.97 Å². The van der Waals surface area contributed by atoms with E-state index in [4.69, 9.17) is 5.11 Å². The van der Waals surface area contributed by atoms with Gasteiger partial charge in [-0.15, -0.1) is 0 Å². The highest BCUT2D eigenvalue weighted by molar-refractivity contribution is 7.99. The zero-order chi connectivity index (χ0) is 10.5. The van der Waals surface area contributed by atoms with Gasteiger partial charge in [0, 0.05) is 12.4 Å². The predicted molar refractivity (Wildman–Crippen MR) is 63.1 cm³/mol. The maximum Gasteiger partial charge on any atom is 0.166 e. The Morgan fingerprint density at radius 3 is 2.93 bits per heavy atom. The zero-order valence-corrected chi connectivity index (χ0v) is 9.26. The van der Waals surface area contributed by atoms with Crippen LogP contribution in [0.5, 0.6) is 0 Å². The number of unbranched alkanes of at least 4 members (excludes halogenated alkanes) is 1. The van der Waals surface area contributed by atoms with Crippen LogP contribution in [-0.2, 0) is 0 Å². The van der Waals surface area contributed by atoms with Crippen LogP contribution in [0.15, 0.2) is 29.4 Å². The molecule has 0 atom stereocenters. The summed E-state index contributed by atoms with van der Waals surface area (Å²) in [7, 11) is 0. The number of aliphatic hydroxyl groups is 1. The Kier molecular flexibility index (Phi) is 3.64. The van der Waals surface area contributed by atoms with Crippen molar-refractivity contribution in [1.29, 1.82) is 0 Å². The molecule has 0 saturated carbocycles. The van der Waals surface area contributed by atoms with Gasteiger partial charge >= 0.3 is 0 Å². The molecule has 3 nitrogen and oxygen atoms in total. The summed E-state index contributed by atoms with van der Waals surface area (Å²) >= 11 is 1.71. The fraction of sp³-hybridized carbons (Fsp3) is 0.364. The topological polar surface area (TPSA) is 48.9 Å². The average Bonchev–Trinajstić information content (AvgIpc) is 2.67. The lowest BCUT2D eigenvalue weighted by Crippen LogP contribution is -1.85. The first-order valence-corrected chi connectivity index (χ1v) is 6.07. The van der Waals surface area contributed by atoms with E-state index in [1.807, 2.05) is 24.3 Å². The van der Waals surface area contributed by atoms with Gasteiger partial charge in [0.25, 0.3) is 0 Å². The van der Waals surface area contributed by atoms with Crippen molar-refractivity contribution in [2.24, 2.45) is 0 Å². The van der Waals surface area contributed by atoms with E-state index < -0.39 is 0 Å². The van der Waals surface area contributed by atoms with Crippen molar-refractivity contribution in [3.8, 4) is 0 Å². The van der Waals surface area contributed by atoms with Crippen molar-refractivity contribution >= 4 is 22.8 Å². The molecule has 2 aromatic rings. The van der Waals surface area contributed by atoms with Crippen LogP contribution < -0.4 is 0 Å². The van der Waals surface area contributed by atoms with Crippen molar-refractivity contribution in [3.05, 3.63) is 24.3 Å². The third-order valence-electron chi connectivity index (χ3n) is 2.16. The number of aliphatic hydroxyl groups excluding tert-OH is 1. The van der Waals surface area contributed by atoms with Gasteiger partial charge < -0.3 is 10.1 Å². The van der Waals surface area contributed by atoms with Crippen molar-refractivity contribution in [2.45, 2.75) is 18.0 Å². The first-order valence-electron chi connectivity index (χ1n) is 5.08. The number of benzene rings is 1. The third kappa shape index (κ3) is 2.73. The van der Waals surface area contributed by atoms with Gasteiger partial charge in [0.05, 0.1) is 11.0 Å². The summed E-state index contributed by atoms with van der Waals surface area (Å²) in [4.78, 5) is 7.72. The SMILES string of the molecule is OCCCCSc1nc2ccccc2[nH]1. The smallest absolute Gasteiger partial charge is 0.166 e. The molecule has 4 heteroatoms. The van der Waals surface area contributed by atoms with Crippen LogP contribution in [0, 0.1) is 0 Å². The monoisotopic (exact) mass is 222 g/mol. The molecule has 0 saturated heterocycles. The van der Waals surface area contributed by atoms with E-state index in [-0.39, 0.29) is 6.61 Å². The highest BCUT2D eigenvalue weighted by Gasteiger charge is 2.01. The first-order chi connectivity index (χ1) is 7.40. The lowest BCUT2D eigenvalue weighted by molar-refractivity contribution is 0.287. The van der Waals surface area contributed by atoms with Crippen LogP contribution in [0.25, 0.3) is 11.0 Å². The second-order valence-corrected chi connectivity index (χ2v) is 4.42. The number of thioether (sulfide) groups is 1. The van der Waals surface area contributed by atoms with Crippen LogP contribution in [0.1, 0.15) is 12.8 Å². The predicted octanol–water partition coefficient (Wildman–Crippen LogP) is 2.43. The number of rotatable bonds is 5. The van der Waals surface area contributed by atoms with Gasteiger partial charge in [-0.1, -0.05) is 23.9 Å². The molecule has 0 aliphatic carbocycles. The number of hydrogen-bond acceptors (Lipinski definition) is 3. The lowest BCUT2D eigenvalue weighted by atomic mass is 10.3. The zero-order valence-electron chi connectivity index (χ0n) is 8.44. The highest BCUT2D eigenvalue weighted by Crippen LogP contribution is 2.19. The molecule has 1 heterocycles. The second-order valence-electron chi connectivity index (χ2n) is 3.34. The Morgan fingerprint density at radius 2 is 2.13 bits per heavy atom. The van der Waals surface area contributed by atoms with Gasteiger partial charge in [-0.3, -0.25) is 0 Å². The van der Waals surface area contributed by atoms with Gasteiger partial charge in [0.15, 0.2) is 5.16 Å². The Balaban J connectivity index is 1.97. The minimum atomic E-state index is 0.278. The van der Waals surface area contributed by atoms with Crippen LogP contribution >= 0.6 is 11.8 Å². The minimum Gasteiger partial charge on any atom is -0.396 e. The largest absolute Gasteiger partial charge is 0.396 e. The second kappa shape index (κ2) is 5.19. The molecule has 0 amide bonds. The summed E-state index contributed by atoms with van der Waals surface area (Å²) in [6.07, 6.45) is 1.89. The fourth-order valence-electron chi connectivity index (χ4n) is 1.38. The van der Waals surface area contributed by atoms with Gasteiger partial charge in [0.1, 0.15) is 0 Å². The summed E-state index contributed by atoms with van der Waals surface area (Å²) in [6, 6.07) is 8.02. The average molecular weight is 222 g/mol. The normalized spacial score (nSPS) is 11.0. The third-order valence-corrected chi connectivity index (χ3v) is 3.12. The van der Waals surface area contributed by atoms with Crippen LogP contribution in [0.4, 0.5) is 0 Å². The molecule has 2 N–H and O–H groups in total. The molecule has 0 bridgehead atoms. The molecule has 0 aliphatic rings. The van der Waals surface area contributed by atoms with Gasteiger partial charge in [-0.2, -0.15) is 0 Å². The summed E-state index contributed by atoms with van der Waals surface area (Å²) in [5.41, 5.74) is 2.10. The van der Waals surface area contributed by atoms with Crippen LogP contribution in [0.3, 0.4) is 0 Å². The van der Waals surface area contributed by atoms with Gasteiger partial charge in [0.2, 0.25) is 0 Å². The molecular weight excluding hydrogens is 208 g/mol. The Hall–Kier alpha value is -1.00. The van der Waals surface area contributed by atoms with E-state index in [1.165, 1.54) is 0 Å². The molecule has 1 aromatic heterocycles. The van der Waals surface area contributed by atoms with E-state index in [1.54, 1.807) is 11.8 Å². The van der Waals surface area contributed by atoms with E-state index in [9.17, 15) is 0 Å². The molecule has 0 unspecified atom stereocenters. The summed E-state index contributed by atoms with van der Waals surface area (Å²) in [6.45, 7) is 0.278. The van der Waals surface area contributed by atoms with Gasteiger partial charge in [-0.25, -0.2) is 4.98 Å². The highest BCUT2D eigenvalue weighted by atomic mass is 32.2. The number of nitrogens with zero attached hydrogens (tertiary/aromatic N) is 1. The number of hydrogen-bond donors (Lipinski definition) is 2. The lowest BCUT2D eigenvalue weighted by Gasteiger charge is -1.95. The van der Waals surface area contributed by atoms with Crippen LogP contribution in [-0.4, -0.2) is 27.4 Å². The van der Waals surface area contributed by atoms with Crippen molar-refractivity contribution < 1.29 is 5.11 Å². The number of aromatic amines is 1. The Bertz CT molecular complexity index is 394. The summed E-state index contributed by atoms with van der Waals surface area (Å²) in [5, 5.41) is 9.61. The first kappa shape index (κ1) is 10.5. The number of aromatic nitrogens is 2. The molecule has 0 aliphatic heterocycles. The van der Waals surface area contributed by atoms with Gasteiger partial charge in [-0.05, 0) is 25.0 Å². The van der Waals surface area contributed by atoms with Crippen LogP contribution in [0.2, 0.25) is 0 Å². The standard InChI is InChI=1S/C11H14N2OS/c14-7-3-4-8-15-11-12-9-5-1-2-6-10(9)13-11/h1-2,5-6,14H,3-4,7-8H2,(H,12,13). The summed E-state index contributed by atoms with van der Waals surface area (Å²) < 4.78 is 0. The number of para-hydroxylation sites is 2. The van der Waals surface area contributed by atoms with Crippen molar-refractivity contribution in [2.75, 3.05) is 12.4 Å². The maximum atomic E-state index is 8.65. The molecule has 1 aromatic carbocycles. The molecule has 0 fully saturated rings. The Morgan fingerprint density at radius 1 is 1.27 bits per heavy atom. The molecule has 0 spiro atoms. The minimum absolute atomic E-state index is 0.278. The summed E-state index contributed by atoms with van der Waals surface area (Å²) in [5.74, 6) is 1.00. The molecular formula is C11H14N2OS. The van der Waals surface area contributed by atoms with E-state index in [0.29, 0.717) is 0 Å².